The zero-order chi connectivity index (χ0) is 10.8. The van der Waals surface area contributed by atoms with Crippen LogP contribution in [0.1, 0.15) is 25.0 Å². The molecular weight excluding hydrogens is 194 g/mol. The van der Waals surface area contributed by atoms with Crippen LogP contribution in [0.3, 0.4) is 0 Å². The van der Waals surface area contributed by atoms with E-state index < -0.39 is 12.0 Å². The molecule has 0 bridgehead atoms. The Morgan fingerprint density at radius 2 is 2.60 bits per heavy atom. The number of aryl methyl sites for hydroxylation is 1. The van der Waals surface area contributed by atoms with Crippen molar-refractivity contribution in [3.63, 3.8) is 0 Å². The van der Waals surface area contributed by atoms with Gasteiger partial charge in [-0.3, -0.25) is 4.79 Å². The van der Waals surface area contributed by atoms with Crippen LogP contribution in [0, 0.1) is 0 Å². The number of nitrogens with zero attached hydrogens (tertiary/aromatic N) is 2. The summed E-state index contributed by atoms with van der Waals surface area (Å²) >= 11 is 0. The molecule has 2 heterocycles. The largest absolute Gasteiger partial charge is 0.480 e. The van der Waals surface area contributed by atoms with E-state index >= 15 is 0 Å². The Morgan fingerprint density at radius 1 is 1.80 bits per heavy atom. The Kier molecular flexibility index (Phi) is 2.73. The van der Waals surface area contributed by atoms with E-state index in [0.29, 0.717) is 0 Å². The summed E-state index contributed by atoms with van der Waals surface area (Å²) in [7, 11) is 0. The summed E-state index contributed by atoms with van der Waals surface area (Å²) in [5.74, 6) is -0.730. The minimum Gasteiger partial charge on any atom is -0.480 e. The van der Waals surface area contributed by atoms with Gasteiger partial charge in [0.05, 0.1) is 6.33 Å². The zero-order valence-corrected chi connectivity index (χ0v) is 8.68. The molecule has 0 spiro atoms. The minimum atomic E-state index is -0.777. The monoisotopic (exact) mass is 209 g/mol. The Labute approximate surface area is 88.1 Å². The molecule has 15 heavy (non-hydrogen) atoms. The lowest BCUT2D eigenvalue weighted by Crippen LogP contribution is -2.35. The molecule has 1 aromatic heterocycles. The maximum Gasteiger partial charge on any atom is 0.321 e. The summed E-state index contributed by atoms with van der Waals surface area (Å²) in [5.41, 5.74) is 1.02. The number of carboxylic acids is 1. The van der Waals surface area contributed by atoms with Gasteiger partial charge < -0.3 is 15.0 Å². The van der Waals surface area contributed by atoms with Gasteiger partial charge in [0, 0.05) is 24.4 Å². The first kappa shape index (κ1) is 10.2. The van der Waals surface area contributed by atoms with Crippen molar-refractivity contribution < 1.29 is 9.90 Å². The first-order valence-corrected chi connectivity index (χ1v) is 5.20. The van der Waals surface area contributed by atoms with Gasteiger partial charge >= 0.3 is 5.97 Å². The zero-order valence-electron chi connectivity index (χ0n) is 8.68. The number of carboxylic acid groups (broad SMARTS) is 1. The maximum atomic E-state index is 11.0. The summed E-state index contributed by atoms with van der Waals surface area (Å²) in [6.07, 6.45) is 4.40. The van der Waals surface area contributed by atoms with Gasteiger partial charge in [-0.25, -0.2) is 4.98 Å². The number of nitrogens with one attached hydrogen (secondary N) is 1. The van der Waals surface area contributed by atoms with Crippen LogP contribution in [-0.4, -0.2) is 33.2 Å². The van der Waals surface area contributed by atoms with Crippen LogP contribution in [0.15, 0.2) is 12.5 Å². The molecule has 1 saturated heterocycles. The minimum absolute atomic E-state index is 0.0462. The van der Waals surface area contributed by atoms with Gasteiger partial charge in [-0.2, -0.15) is 0 Å². The fourth-order valence-corrected chi connectivity index (χ4v) is 2.19. The number of hydrogen-bond acceptors (Lipinski definition) is 3. The van der Waals surface area contributed by atoms with Crippen LogP contribution < -0.4 is 5.32 Å². The van der Waals surface area contributed by atoms with Crippen LogP contribution in [0.4, 0.5) is 0 Å². The molecule has 1 fully saturated rings. The quantitative estimate of drug-likeness (QED) is 0.757. The molecule has 2 rings (SSSR count). The lowest BCUT2D eigenvalue weighted by Gasteiger charge is -2.16. The van der Waals surface area contributed by atoms with Gasteiger partial charge in [0.25, 0.3) is 0 Å². The Balaban J connectivity index is 2.26. The molecule has 2 atom stereocenters. The Bertz CT molecular complexity index is 361. The number of carbonyl (C=O) groups is 1. The van der Waals surface area contributed by atoms with Crippen molar-refractivity contribution in [3.8, 4) is 0 Å². The number of aliphatic carboxylic acids is 1. The SMILES string of the molecule is CCn1cncc1C1CCNC1C(=O)O. The Hall–Kier alpha value is -1.36. The lowest BCUT2D eigenvalue weighted by molar-refractivity contribution is -0.139. The van der Waals surface area contributed by atoms with E-state index in [1.165, 1.54) is 0 Å². The molecule has 5 heteroatoms. The highest BCUT2D eigenvalue weighted by molar-refractivity contribution is 5.75. The van der Waals surface area contributed by atoms with Gasteiger partial charge in [0.1, 0.15) is 6.04 Å². The smallest absolute Gasteiger partial charge is 0.321 e. The van der Waals surface area contributed by atoms with E-state index in [1.54, 1.807) is 12.5 Å². The third-order valence-corrected chi connectivity index (χ3v) is 2.95. The first-order chi connectivity index (χ1) is 7.24. The second-order valence-electron chi connectivity index (χ2n) is 3.77. The van der Waals surface area contributed by atoms with Gasteiger partial charge in [-0.1, -0.05) is 0 Å². The molecule has 2 unspecified atom stereocenters. The number of imidazole rings is 1. The van der Waals surface area contributed by atoms with Crippen LogP contribution in [0.2, 0.25) is 0 Å². The maximum absolute atomic E-state index is 11.0. The fourth-order valence-electron chi connectivity index (χ4n) is 2.19. The second-order valence-corrected chi connectivity index (χ2v) is 3.77. The van der Waals surface area contributed by atoms with Crippen molar-refractivity contribution in [2.24, 2.45) is 0 Å². The van der Waals surface area contributed by atoms with Crippen molar-refractivity contribution in [2.75, 3.05) is 6.54 Å². The van der Waals surface area contributed by atoms with E-state index in [9.17, 15) is 4.79 Å². The van der Waals surface area contributed by atoms with E-state index in [2.05, 4.69) is 10.3 Å². The average Bonchev–Trinajstić information content (AvgIpc) is 2.85. The van der Waals surface area contributed by atoms with Gasteiger partial charge in [0.2, 0.25) is 0 Å². The first-order valence-electron chi connectivity index (χ1n) is 5.20. The number of aromatic nitrogens is 2. The summed E-state index contributed by atoms with van der Waals surface area (Å²) in [5, 5.41) is 12.1. The van der Waals surface area contributed by atoms with Gasteiger partial charge in [-0.05, 0) is 19.9 Å². The van der Waals surface area contributed by atoms with E-state index in [1.807, 2.05) is 11.5 Å². The molecule has 5 nitrogen and oxygen atoms in total. The molecule has 2 N–H and O–H groups in total. The summed E-state index contributed by atoms with van der Waals surface area (Å²) in [6.45, 7) is 3.62. The fraction of sp³-hybridized carbons (Fsp3) is 0.600. The molecule has 1 aliphatic rings. The summed E-state index contributed by atoms with van der Waals surface area (Å²) in [6, 6.07) is -0.466. The van der Waals surface area contributed by atoms with E-state index in [4.69, 9.17) is 5.11 Å². The van der Waals surface area contributed by atoms with E-state index in [-0.39, 0.29) is 5.92 Å². The molecule has 1 aromatic rings. The highest BCUT2D eigenvalue weighted by atomic mass is 16.4. The number of rotatable bonds is 3. The Morgan fingerprint density at radius 3 is 3.27 bits per heavy atom. The van der Waals surface area contributed by atoms with Crippen molar-refractivity contribution >= 4 is 5.97 Å². The molecule has 0 radical (unpaired) electrons. The van der Waals surface area contributed by atoms with Crippen LogP contribution >= 0.6 is 0 Å². The molecule has 0 amide bonds. The van der Waals surface area contributed by atoms with Crippen molar-refractivity contribution in [1.82, 2.24) is 14.9 Å². The average molecular weight is 209 g/mol. The van der Waals surface area contributed by atoms with Crippen molar-refractivity contribution in [3.05, 3.63) is 18.2 Å². The number of hydrogen-bond donors (Lipinski definition) is 2. The second kappa shape index (κ2) is 4.02. The normalized spacial score (nSPS) is 25.7. The predicted octanol–water partition coefficient (Wildman–Crippen LogP) is 0.433. The summed E-state index contributed by atoms with van der Waals surface area (Å²) < 4.78 is 2.01. The van der Waals surface area contributed by atoms with E-state index in [0.717, 1.165) is 25.2 Å². The highest BCUT2D eigenvalue weighted by Gasteiger charge is 2.35. The molecule has 0 aliphatic carbocycles. The topological polar surface area (TPSA) is 67.2 Å². The molecule has 82 valence electrons. The van der Waals surface area contributed by atoms with Gasteiger partial charge in [0.15, 0.2) is 0 Å². The highest BCUT2D eigenvalue weighted by Crippen LogP contribution is 2.27. The lowest BCUT2D eigenvalue weighted by atomic mass is 9.97. The standard InChI is InChI=1S/C10H15N3O2/c1-2-13-6-11-5-8(13)7-3-4-12-9(7)10(14)15/h5-7,9,12H,2-4H2,1H3,(H,14,15). The third-order valence-electron chi connectivity index (χ3n) is 2.95. The molecule has 0 saturated carbocycles. The van der Waals surface area contributed by atoms with Crippen LogP contribution in [0.5, 0.6) is 0 Å². The molecule has 1 aliphatic heterocycles. The molecular formula is C10H15N3O2. The molecule has 0 aromatic carbocycles. The third kappa shape index (κ3) is 1.74. The van der Waals surface area contributed by atoms with Gasteiger partial charge in [-0.15, -0.1) is 0 Å². The summed E-state index contributed by atoms with van der Waals surface area (Å²) in [4.78, 5) is 15.1. The predicted molar refractivity (Wildman–Crippen MR) is 54.7 cm³/mol. The van der Waals surface area contributed by atoms with Crippen molar-refractivity contribution in [2.45, 2.75) is 31.8 Å². The van der Waals surface area contributed by atoms with Crippen LogP contribution in [0.25, 0.3) is 0 Å². The van der Waals surface area contributed by atoms with Crippen LogP contribution in [-0.2, 0) is 11.3 Å². The van der Waals surface area contributed by atoms with Crippen molar-refractivity contribution in [1.29, 1.82) is 0 Å².